The van der Waals surface area contributed by atoms with Gasteiger partial charge in [-0.1, -0.05) is 0 Å². The highest BCUT2D eigenvalue weighted by Crippen LogP contribution is 2.18. The molecule has 0 radical (unpaired) electrons. The molecule has 2 amide bonds. The number of likely N-dealkylation sites (tertiary alicyclic amines) is 1. The molecule has 7 heteroatoms. The van der Waals surface area contributed by atoms with Crippen LogP contribution in [0.15, 0.2) is 24.3 Å². The lowest BCUT2D eigenvalue weighted by Gasteiger charge is -2.37. The van der Waals surface area contributed by atoms with Gasteiger partial charge in [-0.2, -0.15) is 0 Å². The van der Waals surface area contributed by atoms with Crippen LogP contribution in [0.2, 0.25) is 0 Å². The van der Waals surface area contributed by atoms with E-state index in [1.54, 1.807) is 17.0 Å². The van der Waals surface area contributed by atoms with Gasteiger partial charge in [-0.25, -0.2) is 0 Å². The molecule has 1 aromatic rings. The van der Waals surface area contributed by atoms with Crippen molar-refractivity contribution in [3.05, 3.63) is 24.3 Å². The minimum atomic E-state index is -0.432. The fourth-order valence-electron chi connectivity index (χ4n) is 3.76. The first-order chi connectivity index (χ1) is 12.0. The van der Waals surface area contributed by atoms with E-state index in [0.717, 1.165) is 44.7 Å². The molecule has 2 aliphatic rings. The van der Waals surface area contributed by atoms with E-state index in [2.05, 4.69) is 4.90 Å². The topological polar surface area (TPSA) is 91.3 Å². The Morgan fingerprint density at radius 1 is 1.12 bits per heavy atom. The first-order valence-corrected chi connectivity index (χ1v) is 9.01. The Balaban J connectivity index is 1.52. The molecule has 7 nitrogen and oxygen atoms in total. The maximum atomic E-state index is 12.6. The molecule has 0 bridgehead atoms. The van der Waals surface area contributed by atoms with Crippen LogP contribution in [0.5, 0.6) is 5.75 Å². The normalized spacial score (nSPS) is 22.0. The molecule has 2 fully saturated rings. The fraction of sp³-hybridized carbons (Fsp3) is 0.556. The maximum Gasteiger partial charge on any atom is 0.278 e. The van der Waals surface area contributed by atoms with E-state index >= 15 is 0 Å². The number of nitrogens with one attached hydrogen (secondary N) is 1. The average Bonchev–Trinajstić information content (AvgIpc) is 2.63. The van der Waals surface area contributed by atoms with Crippen molar-refractivity contribution >= 4 is 17.5 Å². The van der Waals surface area contributed by atoms with Gasteiger partial charge in [0.15, 0.2) is 6.54 Å². The van der Waals surface area contributed by atoms with Gasteiger partial charge in [0.25, 0.3) is 5.91 Å². The number of nitrogens with two attached hydrogens (primary N) is 1. The molecule has 1 atom stereocenters. The second-order valence-electron chi connectivity index (χ2n) is 6.93. The molecule has 2 saturated heterocycles. The van der Waals surface area contributed by atoms with Crippen LogP contribution in [0.3, 0.4) is 0 Å². The van der Waals surface area contributed by atoms with Crippen molar-refractivity contribution in [2.45, 2.75) is 25.3 Å². The summed E-state index contributed by atoms with van der Waals surface area (Å²) in [6, 6.07) is 6.78. The second-order valence-corrected chi connectivity index (χ2v) is 6.93. The summed E-state index contributed by atoms with van der Waals surface area (Å²) in [5.74, 6) is -0.0825. The summed E-state index contributed by atoms with van der Waals surface area (Å²) >= 11 is 0. The van der Waals surface area contributed by atoms with Gasteiger partial charge in [-0.05, 0) is 43.5 Å². The van der Waals surface area contributed by atoms with Crippen molar-refractivity contribution < 1.29 is 19.6 Å². The van der Waals surface area contributed by atoms with Crippen LogP contribution in [0.25, 0.3) is 0 Å². The summed E-state index contributed by atoms with van der Waals surface area (Å²) in [5.41, 5.74) is 6.55. The average molecular weight is 347 g/mol. The van der Waals surface area contributed by atoms with Crippen LogP contribution >= 0.6 is 0 Å². The number of quaternary nitrogens is 1. The Morgan fingerprint density at radius 3 is 2.44 bits per heavy atom. The summed E-state index contributed by atoms with van der Waals surface area (Å²) < 4.78 is 0. The van der Waals surface area contributed by atoms with E-state index in [4.69, 9.17) is 5.73 Å². The van der Waals surface area contributed by atoms with Gasteiger partial charge in [0.2, 0.25) is 5.91 Å². The molecule has 0 unspecified atom stereocenters. The predicted molar refractivity (Wildman–Crippen MR) is 94.4 cm³/mol. The number of anilines is 1. The predicted octanol–water partition coefficient (Wildman–Crippen LogP) is -1.04. The lowest BCUT2D eigenvalue weighted by atomic mass is 10.0. The zero-order valence-electron chi connectivity index (χ0n) is 14.5. The fourth-order valence-corrected chi connectivity index (χ4v) is 3.76. The summed E-state index contributed by atoms with van der Waals surface area (Å²) in [4.78, 5) is 29.4. The van der Waals surface area contributed by atoms with Crippen molar-refractivity contribution in [2.75, 3.05) is 44.2 Å². The Labute approximate surface area is 148 Å². The number of primary amides is 1. The van der Waals surface area contributed by atoms with Crippen LogP contribution in [0.1, 0.15) is 19.3 Å². The smallest absolute Gasteiger partial charge is 0.278 e. The van der Waals surface area contributed by atoms with Crippen LogP contribution < -0.4 is 15.5 Å². The summed E-state index contributed by atoms with van der Waals surface area (Å²) in [6.45, 7) is 4.55. The van der Waals surface area contributed by atoms with Gasteiger partial charge in [0, 0.05) is 12.2 Å². The molecule has 0 spiro atoms. The number of rotatable bonds is 4. The molecule has 25 heavy (non-hydrogen) atoms. The van der Waals surface area contributed by atoms with Crippen LogP contribution in [-0.2, 0) is 9.59 Å². The highest BCUT2D eigenvalue weighted by atomic mass is 16.3. The van der Waals surface area contributed by atoms with Gasteiger partial charge in [0.05, 0.1) is 26.2 Å². The van der Waals surface area contributed by atoms with E-state index in [9.17, 15) is 14.7 Å². The number of hydrogen-bond donors (Lipinski definition) is 3. The molecule has 3 rings (SSSR count). The second kappa shape index (κ2) is 7.74. The summed E-state index contributed by atoms with van der Waals surface area (Å²) in [7, 11) is 0. The van der Waals surface area contributed by atoms with Gasteiger partial charge in [-0.15, -0.1) is 0 Å². The molecule has 0 aliphatic carbocycles. The monoisotopic (exact) mass is 347 g/mol. The van der Waals surface area contributed by atoms with Crippen LogP contribution in [-0.4, -0.2) is 67.1 Å². The molecular formula is C18H27N4O3+. The number of piperazine rings is 1. The van der Waals surface area contributed by atoms with Crippen molar-refractivity contribution in [1.82, 2.24) is 4.90 Å². The largest absolute Gasteiger partial charge is 0.508 e. The number of hydrogen-bond acceptors (Lipinski definition) is 4. The molecule has 2 aliphatic heterocycles. The molecule has 0 aromatic heterocycles. The van der Waals surface area contributed by atoms with E-state index in [1.807, 2.05) is 12.1 Å². The van der Waals surface area contributed by atoms with Crippen molar-refractivity contribution in [1.29, 1.82) is 0 Å². The Bertz CT molecular complexity index is 611. The lowest BCUT2D eigenvalue weighted by molar-refractivity contribution is -0.892. The number of piperidine rings is 1. The Kier molecular flexibility index (Phi) is 5.43. The van der Waals surface area contributed by atoms with Crippen LogP contribution in [0, 0.1) is 0 Å². The van der Waals surface area contributed by atoms with Gasteiger partial charge in [0.1, 0.15) is 11.8 Å². The number of aromatic hydroxyl groups is 1. The van der Waals surface area contributed by atoms with Gasteiger partial charge in [-0.3, -0.25) is 9.59 Å². The Hall–Kier alpha value is -2.28. The molecule has 2 heterocycles. The number of benzene rings is 1. The third kappa shape index (κ3) is 4.22. The highest BCUT2D eigenvalue weighted by molar-refractivity contribution is 5.87. The van der Waals surface area contributed by atoms with E-state index in [1.165, 1.54) is 4.90 Å². The minimum absolute atomic E-state index is 0.0385. The van der Waals surface area contributed by atoms with Gasteiger partial charge < -0.3 is 25.5 Å². The summed E-state index contributed by atoms with van der Waals surface area (Å²) in [5, 5.41) is 9.38. The molecule has 4 N–H and O–H groups in total. The van der Waals surface area contributed by atoms with Crippen LogP contribution in [0.4, 0.5) is 5.69 Å². The highest BCUT2D eigenvalue weighted by Gasteiger charge is 2.33. The number of phenols is 1. The van der Waals surface area contributed by atoms with E-state index in [-0.39, 0.29) is 17.6 Å². The number of phenolic OH excluding ortho intramolecular Hbond substituents is 1. The molecule has 0 saturated carbocycles. The van der Waals surface area contributed by atoms with E-state index in [0.29, 0.717) is 19.5 Å². The molecular weight excluding hydrogens is 320 g/mol. The van der Waals surface area contributed by atoms with Crippen molar-refractivity contribution in [2.24, 2.45) is 5.73 Å². The standard InChI is InChI=1S/C18H26N4O3/c19-18(25)16-3-1-2-8-22(16)17(24)13-20-9-11-21(12-10-20)14-4-6-15(23)7-5-14/h4-7,16,23H,1-3,8-13H2,(H2,19,25)/p+1/t16-/m1/s1. The quantitative estimate of drug-likeness (QED) is 0.649. The van der Waals surface area contributed by atoms with Gasteiger partial charge >= 0.3 is 0 Å². The minimum Gasteiger partial charge on any atom is -0.508 e. The Morgan fingerprint density at radius 2 is 1.80 bits per heavy atom. The maximum absolute atomic E-state index is 12.6. The van der Waals surface area contributed by atoms with Crippen molar-refractivity contribution in [3.63, 3.8) is 0 Å². The van der Waals surface area contributed by atoms with E-state index < -0.39 is 6.04 Å². The third-order valence-electron chi connectivity index (χ3n) is 5.24. The number of nitrogens with zero attached hydrogens (tertiary/aromatic N) is 2. The SMILES string of the molecule is NC(=O)[C@H]1CCCCN1C(=O)C[NH+]1CCN(c2ccc(O)cc2)CC1. The third-order valence-corrected chi connectivity index (χ3v) is 5.24. The number of carbonyl (C=O) groups is 2. The first kappa shape index (κ1) is 17.5. The number of carbonyl (C=O) groups excluding carboxylic acids is 2. The first-order valence-electron chi connectivity index (χ1n) is 9.01. The lowest BCUT2D eigenvalue weighted by Crippen LogP contribution is -3.16. The summed E-state index contributed by atoms with van der Waals surface area (Å²) in [6.07, 6.45) is 2.58. The zero-order valence-corrected chi connectivity index (χ0v) is 14.5. The van der Waals surface area contributed by atoms with Crippen molar-refractivity contribution in [3.8, 4) is 5.75 Å². The number of amides is 2. The zero-order chi connectivity index (χ0) is 17.8. The molecule has 136 valence electrons. The molecule has 1 aromatic carbocycles.